The van der Waals surface area contributed by atoms with Gasteiger partial charge in [-0.05, 0) is 25.6 Å². The highest BCUT2D eigenvalue weighted by atomic mass is 32.2. The Hall–Kier alpha value is 0.310. The van der Waals surface area contributed by atoms with Crippen molar-refractivity contribution in [2.24, 2.45) is 0 Å². The topological polar surface area (TPSA) is 12.0 Å². The highest BCUT2D eigenvalue weighted by molar-refractivity contribution is 7.99. The van der Waals surface area contributed by atoms with Gasteiger partial charge in [-0.15, -0.1) is 0 Å². The summed E-state index contributed by atoms with van der Waals surface area (Å²) in [6, 6.07) is 0.650. The van der Waals surface area contributed by atoms with Crippen molar-refractivity contribution in [1.29, 1.82) is 0 Å². The van der Waals surface area contributed by atoms with Gasteiger partial charge in [-0.25, -0.2) is 0 Å². The molecule has 0 rings (SSSR count). The van der Waals surface area contributed by atoms with Crippen LogP contribution in [0.1, 0.15) is 34.1 Å². The molecule has 0 aromatic heterocycles. The van der Waals surface area contributed by atoms with Gasteiger partial charge in [-0.2, -0.15) is 11.8 Å². The lowest BCUT2D eigenvalue weighted by atomic mass is 10.2. The highest BCUT2D eigenvalue weighted by Gasteiger charge is 2.09. The van der Waals surface area contributed by atoms with E-state index >= 15 is 0 Å². The van der Waals surface area contributed by atoms with Gasteiger partial charge in [0.2, 0.25) is 0 Å². The minimum atomic E-state index is 0.650. The maximum Gasteiger partial charge on any atom is 0.0170 e. The SMILES string of the molecule is CCCSC(C)C(C)NCC. The van der Waals surface area contributed by atoms with Gasteiger partial charge < -0.3 is 5.32 Å². The molecule has 2 heteroatoms. The van der Waals surface area contributed by atoms with Crippen molar-refractivity contribution in [2.45, 2.75) is 45.4 Å². The van der Waals surface area contributed by atoms with Crippen molar-refractivity contribution in [1.82, 2.24) is 5.32 Å². The van der Waals surface area contributed by atoms with Gasteiger partial charge in [0.1, 0.15) is 0 Å². The van der Waals surface area contributed by atoms with Crippen LogP contribution in [0, 0.1) is 0 Å². The molecule has 0 aromatic rings. The van der Waals surface area contributed by atoms with Crippen LogP contribution >= 0.6 is 11.8 Å². The van der Waals surface area contributed by atoms with Crippen LogP contribution in [-0.2, 0) is 0 Å². The van der Waals surface area contributed by atoms with E-state index in [0.717, 1.165) is 11.8 Å². The second-order valence-corrected chi connectivity index (χ2v) is 4.41. The summed E-state index contributed by atoms with van der Waals surface area (Å²) in [7, 11) is 0. The number of hydrogen-bond acceptors (Lipinski definition) is 2. The van der Waals surface area contributed by atoms with E-state index in [0.29, 0.717) is 6.04 Å². The molecule has 0 bridgehead atoms. The molecule has 2 unspecified atom stereocenters. The van der Waals surface area contributed by atoms with Gasteiger partial charge in [-0.3, -0.25) is 0 Å². The minimum Gasteiger partial charge on any atom is -0.313 e. The van der Waals surface area contributed by atoms with E-state index in [1.165, 1.54) is 12.2 Å². The molecule has 0 amide bonds. The van der Waals surface area contributed by atoms with Crippen LogP contribution in [0.3, 0.4) is 0 Å². The lowest BCUT2D eigenvalue weighted by molar-refractivity contribution is 0.563. The van der Waals surface area contributed by atoms with Crippen molar-refractivity contribution >= 4 is 11.8 Å². The number of thioether (sulfide) groups is 1. The summed E-state index contributed by atoms with van der Waals surface area (Å²) in [5.74, 6) is 1.29. The van der Waals surface area contributed by atoms with E-state index in [2.05, 4.69) is 44.8 Å². The van der Waals surface area contributed by atoms with Crippen molar-refractivity contribution in [3.05, 3.63) is 0 Å². The summed E-state index contributed by atoms with van der Waals surface area (Å²) < 4.78 is 0. The van der Waals surface area contributed by atoms with Gasteiger partial charge >= 0.3 is 0 Å². The van der Waals surface area contributed by atoms with Crippen molar-refractivity contribution in [3.63, 3.8) is 0 Å². The van der Waals surface area contributed by atoms with Crippen LogP contribution in [-0.4, -0.2) is 23.6 Å². The molecule has 0 aromatic carbocycles. The van der Waals surface area contributed by atoms with Crippen LogP contribution in [0.15, 0.2) is 0 Å². The maximum atomic E-state index is 3.43. The Morgan fingerprint density at radius 3 is 2.36 bits per heavy atom. The number of rotatable bonds is 6. The van der Waals surface area contributed by atoms with E-state index in [1.54, 1.807) is 0 Å². The van der Waals surface area contributed by atoms with Crippen LogP contribution < -0.4 is 5.32 Å². The highest BCUT2D eigenvalue weighted by Crippen LogP contribution is 2.14. The standard InChI is InChI=1S/C9H21NS/c1-5-7-11-9(4)8(3)10-6-2/h8-10H,5-7H2,1-4H3. The zero-order chi connectivity index (χ0) is 8.69. The first-order valence-corrected chi connectivity index (χ1v) is 5.62. The average molecular weight is 175 g/mol. The zero-order valence-electron chi connectivity index (χ0n) is 8.18. The molecular formula is C9H21NS. The number of hydrogen-bond donors (Lipinski definition) is 1. The third-order valence-corrected chi connectivity index (χ3v) is 3.39. The predicted octanol–water partition coefficient (Wildman–Crippen LogP) is 2.52. The summed E-state index contributed by atoms with van der Waals surface area (Å²) in [5.41, 5.74) is 0. The molecule has 0 heterocycles. The molecule has 0 aliphatic carbocycles. The first kappa shape index (κ1) is 11.3. The van der Waals surface area contributed by atoms with E-state index in [9.17, 15) is 0 Å². The molecule has 0 fully saturated rings. The van der Waals surface area contributed by atoms with E-state index < -0.39 is 0 Å². The zero-order valence-corrected chi connectivity index (χ0v) is 9.00. The maximum absolute atomic E-state index is 3.43. The monoisotopic (exact) mass is 175 g/mol. The van der Waals surface area contributed by atoms with Crippen molar-refractivity contribution in [2.75, 3.05) is 12.3 Å². The first-order chi connectivity index (χ1) is 5.22. The molecule has 0 aliphatic heterocycles. The fraction of sp³-hybridized carbons (Fsp3) is 1.00. The lowest BCUT2D eigenvalue weighted by Crippen LogP contribution is -2.33. The molecule has 2 atom stereocenters. The Morgan fingerprint density at radius 1 is 1.27 bits per heavy atom. The lowest BCUT2D eigenvalue weighted by Gasteiger charge is -2.19. The van der Waals surface area contributed by atoms with Gasteiger partial charge in [-0.1, -0.05) is 20.8 Å². The van der Waals surface area contributed by atoms with Gasteiger partial charge in [0.15, 0.2) is 0 Å². The molecule has 1 nitrogen and oxygen atoms in total. The van der Waals surface area contributed by atoms with Gasteiger partial charge in [0.05, 0.1) is 0 Å². The Kier molecular flexibility index (Phi) is 7.18. The number of nitrogens with one attached hydrogen (secondary N) is 1. The van der Waals surface area contributed by atoms with Gasteiger partial charge in [0, 0.05) is 11.3 Å². The Balaban J connectivity index is 3.38. The summed E-state index contributed by atoms with van der Waals surface area (Å²) >= 11 is 2.06. The molecule has 0 aliphatic rings. The van der Waals surface area contributed by atoms with E-state index in [4.69, 9.17) is 0 Å². The molecule has 0 spiro atoms. The Bertz CT molecular complexity index is 85.6. The molecule has 1 N–H and O–H groups in total. The van der Waals surface area contributed by atoms with E-state index in [-0.39, 0.29) is 0 Å². The third kappa shape index (κ3) is 5.57. The van der Waals surface area contributed by atoms with Crippen molar-refractivity contribution in [3.8, 4) is 0 Å². The summed E-state index contributed by atoms with van der Waals surface area (Å²) in [4.78, 5) is 0. The van der Waals surface area contributed by atoms with Crippen LogP contribution in [0.2, 0.25) is 0 Å². The molecule has 11 heavy (non-hydrogen) atoms. The summed E-state index contributed by atoms with van der Waals surface area (Å²) in [5, 5.41) is 4.18. The normalized spacial score (nSPS) is 16.4. The quantitative estimate of drug-likeness (QED) is 0.666. The molecule has 0 saturated heterocycles. The summed E-state index contributed by atoms with van der Waals surface area (Å²) in [6.07, 6.45) is 1.29. The molecule has 68 valence electrons. The minimum absolute atomic E-state index is 0.650. The van der Waals surface area contributed by atoms with E-state index in [1.807, 2.05) is 0 Å². The average Bonchev–Trinajstić information content (AvgIpc) is 2.00. The second-order valence-electron chi connectivity index (χ2n) is 2.92. The van der Waals surface area contributed by atoms with Crippen LogP contribution in [0.5, 0.6) is 0 Å². The fourth-order valence-corrected chi connectivity index (χ4v) is 1.93. The Labute approximate surface area is 75.3 Å². The second kappa shape index (κ2) is 6.99. The third-order valence-electron chi connectivity index (χ3n) is 1.82. The summed E-state index contributed by atoms with van der Waals surface area (Å²) in [6.45, 7) is 10.0. The van der Waals surface area contributed by atoms with Gasteiger partial charge in [0.25, 0.3) is 0 Å². The Morgan fingerprint density at radius 2 is 1.91 bits per heavy atom. The smallest absolute Gasteiger partial charge is 0.0170 e. The first-order valence-electron chi connectivity index (χ1n) is 4.57. The molecule has 0 radical (unpaired) electrons. The van der Waals surface area contributed by atoms with Crippen molar-refractivity contribution < 1.29 is 0 Å². The van der Waals surface area contributed by atoms with Crippen LogP contribution in [0.25, 0.3) is 0 Å². The molecular weight excluding hydrogens is 154 g/mol. The largest absolute Gasteiger partial charge is 0.313 e. The molecule has 0 saturated carbocycles. The predicted molar refractivity (Wildman–Crippen MR) is 55.3 cm³/mol. The van der Waals surface area contributed by atoms with Crippen LogP contribution in [0.4, 0.5) is 0 Å². The fourth-order valence-electron chi connectivity index (χ4n) is 0.936.